The summed E-state index contributed by atoms with van der Waals surface area (Å²) >= 11 is 5.95. The zero-order chi connectivity index (χ0) is 14.9. The van der Waals surface area contributed by atoms with Crippen molar-refractivity contribution < 1.29 is 9.90 Å². The van der Waals surface area contributed by atoms with Crippen molar-refractivity contribution in [3.63, 3.8) is 0 Å². The third-order valence-corrected chi connectivity index (χ3v) is 5.14. The van der Waals surface area contributed by atoms with Gasteiger partial charge in [-0.3, -0.25) is 4.79 Å². The molecule has 0 heterocycles. The van der Waals surface area contributed by atoms with Crippen LogP contribution >= 0.6 is 11.6 Å². The maximum absolute atomic E-state index is 13.1. The van der Waals surface area contributed by atoms with E-state index < -0.39 is 0 Å². The van der Waals surface area contributed by atoms with Gasteiger partial charge in [-0.2, -0.15) is 0 Å². The highest BCUT2D eigenvalue weighted by molar-refractivity contribution is 6.30. The molecule has 0 spiro atoms. The Morgan fingerprint density at radius 2 is 1.95 bits per heavy atom. The maximum atomic E-state index is 13.1. The highest BCUT2D eigenvalue weighted by Gasteiger charge is 2.54. The van der Waals surface area contributed by atoms with E-state index in [9.17, 15) is 4.79 Å². The summed E-state index contributed by atoms with van der Waals surface area (Å²) in [5, 5.41) is 9.79. The molecule has 21 heavy (non-hydrogen) atoms. The van der Waals surface area contributed by atoms with Crippen LogP contribution in [0.15, 0.2) is 24.3 Å². The van der Waals surface area contributed by atoms with E-state index in [4.69, 9.17) is 16.7 Å². The number of carbonyl (C=O) groups excluding carboxylic acids is 1. The first-order valence-corrected chi connectivity index (χ1v) is 8.23. The highest BCUT2D eigenvalue weighted by atomic mass is 35.5. The fourth-order valence-electron chi connectivity index (χ4n) is 3.18. The molecule has 4 heteroatoms. The summed E-state index contributed by atoms with van der Waals surface area (Å²) in [6, 6.07) is 8.09. The van der Waals surface area contributed by atoms with Crippen molar-refractivity contribution in [1.29, 1.82) is 0 Å². The van der Waals surface area contributed by atoms with Gasteiger partial charge in [0.05, 0.1) is 5.41 Å². The minimum absolute atomic E-state index is 0.143. The molecule has 1 aromatic rings. The summed E-state index contributed by atoms with van der Waals surface area (Å²) in [4.78, 5) is 15.1. The summed E-state index contributed by atoms with van der Waals surface area (Å²) in [7, 11) is 0. The first-order valence-electron chi connectivity index (χ1n) is 7.85. The predicted molar refractivity (Wildman–Crippen MR) is 83.4 cm³/mol. The van der Waals surface area contributed by atoms with Crippen LogP contribution < -0.4 is 0 Å². The largest absolute Gasteiger partial charge is 0.396 e. The molecule has 2 aliphatic carbocycles. The Bertz CT molecular complexity index is 506. The number of carbonyl (C=O) groups is 1. The second kappa shape index (κ2) is 5.98. The number of nitrogens with zero attached hydrogens (tertiary/aromatic N) is 1. The number of amides is 1. The van der Waals surface area contributed by atoms with Gasteiger partial charge in [0, 0.05) is 24.2 Å². The number of benzene rings is 1. The lowest BCUT2D eigenvalue weighted by Gasteiger charge is -2.39. The van der Waals surface area contributed by atoms with Gasteiger partial charge in [0.25, 0.3) is 0 Å². The van der Waals surface area contributed by atoms with Gasteiger partial charge in [-0.05, 0) is 56.2 Å². The molecular weight excluding hydrogens is 286 g/mol. The lowest BCUT2D eigenvalue weighted by Crippen LogP contribution is -2.49. The molecule has 0 aliphatic heterocycles. The maximum Gasteiger partial charge on any atom is 0.233 e. The van der Waals surface area contributed by atoms with Crippen molar-refractivity contribution in [1.82, 2.24) is 4.90 Å². The molecule has 2 fully saturated rings. The molecule has 0 bridgehead atoms. The average Bonchev–Trinajstić information content (AvgIpc) is 3.23. The molecular formula is C17H22ClNO2. The Labute approximate surface area is 130 Å². The quantitative estimate of drug-likeness (QED) is 0.877. The number of rotatable bonds is 6. The normalized spacial score (nSPS) is 19.9. The van der Waals surface area contributed by atoms with Crippen molar-refractivity contribution in [2.24, 2.45) is 0 Å². The SMILES string of the molecule is O=C(N(CCCO)C1CCC1)C1(c2ccc(Cl)cc2)CC1. The molecule has 3 rings (SSSR count). The monoisotopic (exact) mass is 307 g/mol. The molecule has 0 unspecified atom stereocenters. The molecule has 2 saturated carbocycles. The predicted octanol–water partition coefficient (Wildman–Crippen LogP) is 3.14. The van der Waals surface area contributed by atoms with Crippen molar-refractivity contribution in [2.45, 2.75) is 50.0 Å². The lowest BCUT2D eigenvalue weighted by atomic mass is 9.88. The minimum Gasteiger partial charge on any atom is -0.396 e. The van der Waals surface area contributed by atoms with E-state index in [-0.39, 0.29) is 17.9 Å². The molecule has 2 aliphatic rings. The van der Waals surface area contributed by atoms with E-state index in [1.54, 1.807) is 0 Å². The molecule has 0 aromatic heterocycles. The summed E-state index contributed by atoms with van der Waals surface area (Å²) in [6.45, 7) is 0.819. The van der Waals surface area contributed by atoms with Gasteiger partial charge in [-0.15, -0.1) is 0 Å². The van der Waals surface area contributed by atoms with Crippen LogP contribution in [-0.2, 0) is 10.2 Å². The summed E-state index contributed by atoms with van der Waals surface area (Å²) < 4.78 is 0. The van der Waals surface area contributed by atoms with Crippen molar-refractivity contribution >= 4 is 17.5 Å². The Balaban J connectivity index is 1.79. The van der Waals surface area contributed by atoms with E-state index in [2.05, 4.69) is 0 Å². The van der Waals surface area contributed by atoms with Gasteiger partial charge in [0.15, 0.2) is 0 Å². The van der Waals surface area contributed by atoms with Gasteiger partial charge >= 0.3 is 0 Å². The first-order chi connectivity index (χ1) is 10.2. The fraction of sp³-hybridized carbons (Fsp3) is 0.588. The summed E-state index contributed by atoms with van der Waals surface area (Å²) in [6.07, 6.45) is 5.94. The minimum atomic E-state index is -0.324. The topological polar surface area (TPSA) is 40.5 Å². The number of hydrogen-bond acceptors (Lipinski definition) is 2. The van der Waals surface area contributed by atoms with Gasteiger partial charge in [-0.1, -0.05) is 23.7 Å². The van der Waals surface area contributed by atoms with E-state index in [0.29, 0.717) is 24.0 Å². The van der Waals surface area contributed by atoms with Crippen LogP contribution in [0.5, 0.6) is 0 Å². The number of aliphatic hydroxyl groups excluding tert-OH is 1. The molecule has 3 nitrogen and oxygen atoms in total. The summed E-state index contributed by atoms with van der Waals surface area (Å²) in [5.41, 5.74) is 0.764. The number of halogens is 1. The molecule has 0 saturated heterocycles. The number of aliphatic hydroxyl groups is 1. The van der Waals surface area contributed by atoms with E-state index in [1.165, 1.54) is 6.42 Å². The van der Waals surface area contributed by atoms with Crippen LogP contribution in [0, 0.1) is 0 Å². The van der Waals surface area contributed by atoms with Crippen LogP contribution in [0.25, 0.3) is 0 Å². The molecule has 1 amide bonds. The zero-order valence-corrected chi connectivity index (χ0v) is 13.0. The second-order valence-corrected chi connectivity index (χ2v) is 6.69. The van der Waals surface area contributed by atoms with Gasteiger partial charge in [0.1, 0.15) is 0 Å². The molecule has 114 valence electrons. The lowest BCUT2D eigenvalue weighted by molar-refractivity contribution is -0.138. The Kier molecular flexibility index (Phi) is 4.23. The molecule has 0 atom stereocenters. The Morgan fingerprint density at radius 1 is 1.29 bits per heavy atom. The van der Waals surface area contributed by atoms with Crippen molar-refractivity contribution in [2.75, 3.05) is 13.2 Å². The van der Waals surface area contributed by atoms with Crippen LogP contribution in [0.3, 0.4) is 0 Å². The van der Waals surface area contributed by atoms with Crippen LogP contribution in [-0.4, -0.2) is 35.1 Å². The second-order valence-electron chi connectivity index (χ2n) is 6.25. The van der Waals surface area contributed by atoms with Crippen molar-refractivity contribution in [3.05, 3.63) is 34.9 Å². The van der Waals surface area contributed by atoms with Crippen molar-refractivity contribution in [3.8, 4) is 0 Å². The third-order valence-electron chi connectivity index (χ3n) is 4.89. The van der Waals surface area contributed by atoms with Crippen LogP contribution in [0.2, 0.25) is 5.02 Å². The standard InChI is InChI=1S/C17H22ClNO2/c18-14-7-5-13(6-8-14)17(9-10-17)16(21)19(11-2-12-20)15-3-1-4-15/h5-8,15,20H,1-4,9-12H2. The first kappa shape index (κ1) is 14.9. The fourth-order valence-corrected chi connectivity index (χ4v) is 3.31. The van der Waals surface area contributed by atoms with Gasteiger partial charge in [-0.25, -0.2) is 0 Å². The molecule has 0 radical (unpaired) electrons. The van der Waals surface area contributed by atoms with Crippen LogP contribution in [0.4, 0.5) is 0 Å². The third kappa shape index (κ3) is 2.82. The zero-order valence-electron chi connectivity index (χ0n) is 12.2. The average molecular weight is 308 g/mol. The molecule has 1 aromatic carbocycles. The Morgan fingerprint density at radius 3 is 2.43 bits per heavy atom. The van der Waals surface area contributed by atoms with E-state index >= 15 is 0 Å². The van der Waals surface area contributed by atoms with Crippen LogP contribution in [0.1, 0.15) is 44.1 Å². The summed E-state index contributed by atoms with van der Waals surface area (Å²) in [5.74, 6) is 0.253. The Hall–Kier alpha value is -1.06. The molecule has 1 N–H and O–H groups in total. The smallest absolute Gasteiger partial charge is 0.233 e. The van der Waals surface area contributed by atoms with E-state index in [0.717, 1.165) is 31.2 Å². The highest BCUT2D eigenvalue weighted by Crippen LogP contribution is 2.50. The van der Waals surface area contributed by atoms with E-state index in [1.807, 2.05) is 29.2 Å². The van der Waals surface area contributed by atoms with Gasteiger partial charge < -0.3 is 10.0 Å². The number of hydrogen-bond donors (Lipinski definition) is 1. The van der Waals surface area contributed by atoms with Gasteiger partial charge in [0.2, 0.25) is 5.91 Å².